The highest BCUT2D eigenvalue weighted by atomic mass is 15.5. The third kappa shape index (κ3) is 26.9. The first kappa shape index (κ1) is 78.8. The van der Waals surface area contributed by atoms with Crippen molar-refractivity contribution < 1.29 is 0 Å². The van der Waals surface area contributed by atoms with Gasteiger partial charge in [0.1, 0.15) is 41.1 Å². The number of aromatic nitrogens is 18. The largest absolute Gasteiger partial charge is 0.368 e. The van der Waals surface area contributed by atoms with Crippen molar-refractivity contribution in [3.8, 4) is 0 Å². The van der Waals surface area contributed by atoms with Crippen LogP contribution >= 0.6 is 0 Å². The van der Waals surface area contributed by atoms with E-state index in [0.29, 0.717) is 184 Å². The van der Waals surface area contributed by atoms with E-state index in [2.05, 4.69) is 110 Å². The number of nitrogens with one attached hydrogen (secondary N) is 2. The van der Waals surface area contributed by atoms with E-state index in [0.717, 1.165) is 0 Å². The third-order valence-corrected chi connectivity index (χ3v) is 13.1. The standard InChI is InChI=1S/C24H59N17.C15H18N18.C10H25N11/c1-21-34-22(23(40(16-8-31)17-9-32)33-18-37(10-2-25)11-3-26)36-24(35-21)41(19-38(12-4-27)13-5-28)20-39(14-6-29)15-7-30;1-4-21-5(24-9(16)22-4)2-6-23-7(3-8-25-10(17)29-11(18)26-8)28-14(27-6)33-15-31-12(19)30-13(20)32-15;1-2-19(3-11)8-16-9(20(4-12)5-13)18-10(17-8)21(6-14)7-15/h23,33H,2-20,25-32H2,1H3;2-3H2,1H3,(H2,16,21,22,24)(H4,17,18,25,26,29)(H5,19,20,23,27,28,30,31,32,33);2-7,11-15H2,1H3. The smallest absolute Gasteiger partial charge is 0.236 e. The molecule has 0 bridgehead atoms. The lowest BCUT2D eigenvalue weighted by molar-refractivity contribution is 0.136. The van der Waals surface area contributed by atoms with Crippen LogP contribution in [0.15, 0.2) is 0 Å². The Kier molecular flexibility index (Phi) is 35.3. The average molecular weight is 1340 g/mol. The van der Waals surface area contributed by atoms with E-state index in [1.165, 1.54) is 0 Å². The van der Waals surface area contributed by atoms with Gasteiger partial charge < -0.3 is 123 Å². The summed E-state index contributed by atoms with van der Waals surface area (Å²) < 4.78 is 0. The molecule has 1 unspecified atom stereocenters. The summed E-state index contributed by atoms with van der Waals surface area (Å²) in [5, 5.41) is 6.42. The minimum Gasteiger partial charge on any atom is -0.368 e. The molecule has 46 heteroatoms. The summed E-state index contributed by atoms with van der Waals surface area (Å²) in [6.07, 6.45) is -0.169. The fourth-order valence-electron chi connectivity index (χ4n) is 8.88. The number of hydrogen-bond donors (Lipinski definition) is 20. The fraction of sp³-hybridized carbons (Fsp3) is 0.633. The van der Waals surface area contributed by atoms with Gasteiger partial charge in [-0.3, -0.25) is 30.2 Å². The molecule has 0 aliphatic carbocycles. The molecule has 528 valence electrons. The van der Waals surface area contributed by atoms with Gasteiger partial charge in [-0.1, -0.05) is 0 Å². The number of nitrogens with two attached hydrogens (primary N) is 18. The number of aryl methyl sites for hydroxylation is 2. The average Bonchev–Trinajstić information content (AvgIpc) is 0.898. The Morgan fingerprint density at radius 3 is 1.11 bits per heavy atom. The summed E-state index contributed by atoms with van der Waals surface area (Å²) in [5.74, 6) is 4.52. The van der Waals surface area contributed by atoms with Crippen molar-refractivity contribution in [2.75, 3.05) is 218 Å². The van der Waals surface area contributed by atoms with Crippen LogP contribution in [-0.4, -0.2) is 274 Å². The monoisotopic (exact) mass is 1330 g/mol. The lowest BCUT2D eigenvalue weighted by atomic mass is 10.3. The van der Waals surface area contributed by atoms with Crippen molar-refractivity contribution in [3.05, 3.63) is 40.8 Å². The molecule has 6 aromatic rings. The zero-order valence-electron chi connectivity index (χ0n) is 54.7. The maximum absolute atomic E-state index is 5.99. The van der Waals surface area contributed by atoms with Crippen molar-refractivity contribution in [2.45, 2.75) is 39.8 Å². The predicted molar refractivity (Wildman–Crippen MR) is 364 cm³/mol. The third-order valence-electron chi connectivity index (χ3n) is 13.1. The summed E-state index contributed by atoms with van der Waals surface area (Å²) in [5.41, 5.74) is 104. The first-order valence-corrected chi connectivity index (χ1v) is 30.5. The molecule has 0 radical (unpaired) electrons. The number of nitrogen functional groups attached to an aromatic ring is 5. The van der Waals surface area contributed by atoms with Crippen LogP contribution in [0.5, 0.6) is 0 Å². The Morgan fingerprint density at radius 1 is 0.337 bits per heavy atom. The van der Waals surface area contributed by atoms with Crippen molar-refractivity contribution in [1.29, 1.82) is 0 Å². The van der Waals surface area contributed by atoms with Crippen LogP contribution < -0.4 is 133 Å². The Morgan fingerprint density at radius 2 is 0.695 bits per heavy atom. The second-order valence-corrected chi connectivity index (χ2v) is 20.4. The van der Waals surface area contributed by atoms with Crippen LogP contribution in [0.2, 0.25) is 0 Å². The Bertz CT molecular complexity index is 2770. The van der Waals surface area contributed by atoms with E-state index in [-0.39, 0.29) is 106 Å². The van der Waals surface area contributed by atoms with E-state index >= 15 is 0 Å². The van der Waals surface area contributed by atoms with Crippen LogP contribution in [-0.2, 0) is 12.8 Å². The normalized spacial score (nSPS) is 11.6. The molecule has 95 heavy (non-hydrogen) atoms. The van der Waals surface area contributed by atoms with Crippen molar-refractivity contribution in [3.63, 3.8) is 0 Å². The number of nitrogens with zero attached hydrogens (tertiary/aromatic N) is 26. The molecular weight excluding hydrogens is 1230 g/mol. The lowest BCUT2D eigenvalue weighted by Crippen LogP contribution is -2.50. The quantitative estimate of drug-likeness (QED) is 0.0159. The molecule has 0 saturated heterocycles. The van der Waals surface area contributed by atoms with E-state index in [4.69, 9.17) is 118 Å². The summed E-state index contributed by atoms with van der Waals surface area (Å²) in [6, 6.07) is 0. The van der Waals surface area contributed by atoms with Gasteiger partial charge in [-0.15, -0.1) is 0 Å². The van der Waals surface area contributed by atoms with Gasteiger partial charge in [-0.2, -0.15) is 74.8 Å². The first-order valence-electron chi connectivity index (χ1n) is 30.5. The van der Waals surface area contributed by atoms with Gasteiger partial charge in [0.25, 0.3) is 0 Å². The maximum atomic E-state index is 5.99. The second-order valence-electron chi connectivity index (χ2n) is 20.4. The molecule has 6 rings (SSSR count). The van der Waals surface area contributed by atoms with E-state index in [1.807, 2.05) is 13.8 Å². The highest BCUT2D eigenvalue weighted by molar-refractivity contribution is 5.48. The fourth-order valence-corrected chi connectivity index (χ4v) is 8.88. The van der Waals surface area contributed by atoms with Crippen LogP contribution in [0, 0.1) is 13.8 Å². The SMILES string of the molecule is CCN(CN)c1nc(N(CN)CN)nc(N(CN)CN)n1.Cc1nc(C(NCN(CCN)CCN)N(CCN)CCN)nc(N(CN(CCN)CCN)CN(CCN)CCN)n1.Cc1nc(N)nc(Cc2nc(Cc3nc(N)nc(N)n3)nc(Nc3nc(N)nc(N)n3)n2)n1. The zero-order chi connectivity index (χ0) is 69.8. The topological polar surface area (TPSA) is 750 Å². The van der Waals surface area contributed by atoms with Gasteiger partial charge >= 0.3 is 0 Å². The lowest BCUT2D eigenvalue weighted by Gasteiger charge is -2.36. The van der Waals surface area contributed by atoms with Gasteiger partial charge in [0.15, 0.2) is 5.82 Å². The van der Waals surface area contributed by atoms with Crippen LogP contribution in [0.1, 0.15) is 53.9 Å². The minimum absolute atomic E-state index is 0.0302. The van der Waals surface area contributed by atoms with Crippen molar-refractivity contribution >= 4 is 65.4 Å². The molecule has 0 aromatic carbocycles. The van der Waals surface area contributed by atoms with Gasteiger partial charge in [0.2, 0.25) is 65.4 Å². The molecule has 0 fully saturated rings. The number of hydrogen-bond acceptors (Lipinski definition) is 46. The molecular formula is C49H102N46. The number of rotatable bonds is 41. The molecule has 0 spiro atoms. The Balaban J connectivity index is 0.000000318. The summed E-state index contributed by atoms with van der Waals surface area (Å²) >= 11 is 0. The zero-order valence-corrected chi connectivity index (χ0v) is 54.7. The molecule has 46 nitrogen and oxygen atoms in total. The highest BCUT2D eigenvalue weighted by Gasteiger charge is 2.27. The minimum atomic E-state index is -0.365. The molecule has 1 atom stereocenters. The van der Waals surface area contributed by atoms with Crippen molar-refractivity contribution in [1.82, 2.24) is 115 Å². The van der Waals surface area contributed by atoms with E-state index in [1.54, 1.807) is 21.6 Å². The molecule has 6 aromatic heterocycles. The molecule has 0 aliphatic rings. The second kappa shape index (κ2) is 42.6. The Hall–Kier alpha value is -8.66. The van der Waals surface area contributed by atoms with E-state index in [9.17, 15) is 0 Å². The molecule has 0 saturated carbocycles. The highest BCUT2D eigenvalue weighted by Crippen LogP contribution is 2.21. The van der Waals surface area contributed by atoms with E-state index < -0.39 is 0 Å². The molecule has 0 aliphatic heterocycles. The molecule has 38 N–H and O–H groups in total. The first-order chi connectivity index (χ1) is 45.8. The van der Waals surface area contributed by atoms with Crippen LogP contribution in [0.3, 0.4) is 0 Å². The maximum Gasteiger partial charge on any atom is 0.236 e. The molecule has 0 amide bonds. The van der Waals surface area contributed by atoms with Crippen LogP contribution in [0.4, 0.5) is 65.4 Å². The predicted octanol–water partition coefficient (Wildman–Crippen LogP) is -11.2. The van der Waals surface area contributed by atoms with Gasteiger partial charge in [-0.25, -0.2) is 15.0 Å². The van der Waals surface area contributed by atoms with Gasteiger partial charge in [-0.05, 0) is 20.8 Å². The summed E-state index contributed by atoms with van der Waals surface area (Å²) in [7, 11) is 0. The Labute approximate surface area is 551 Å². The number of anilines is 11. The van der Waals surface area contributed by atoms with Crippen molar-refractivity contribution in [2.24, 2.45) is 74.5 Å². The van der Waals surface area contributed by atoms with Gasteiger partial charge in [0, 0.05) is 118 Å². The summed E-state index contributed by atoms with van der Waals surface area (Å²) in [4.78, 5) is 92.2. The van der Waals surface area contributed by atoms with Gasteiger partial charge in [0.05, 0.1) is 59.5 Å². The molecule has 6 heterocycles. The summed E-state index contributed by atoms with van der Waals surface area (Å²) in [6.45, 7) is 18.1. The van der Waals surface area contributed by atoms with Crippen LogP contribution in [0.25, 0.3) is 0 Å².